The number of hydrogen-bond donors (Lipinski definition) is 0. The number of piperidine rings is 1. The molecule has 0 spiro atoms. The lowest BCUT2D eigenvalue weighted by molar-refractivity contribution is -0.134. The fourth-order valence-electron chi connectivity index (χ4n) is 3.88. The summed E-state index contributed by atoms with van der Waals surface area (Å²) >= 11 is 0. The van der Waals surface area contributed by atoms with Crippen LogP contribution < -0.4 is 4.74 Å². The first-order valence-electron chi connectivity index (χ1n) is 10.3. The number of carbonyl (C=O) groups is 1. The van der Waals surface area contributed by atoms with E-state index >= 15 is 0 Å². The number of hydrogen-bond acceptors (Lipinski definition) is 3. The van der Waals surface area contributed by atoms with Crippen LogP contribution in [0.1, 0.15) is 36.5 Å². The van der Waals surface area contributed by atoms with Crippen molar-refractivity contribution in [2.45, 2.75) is 45.7 Å². The topological polar surface area (TPSA) is 32.8 Å². The zero-order valence-electron chi connectivity index (χ0n) is 17.4. The van der Waals surface area contributed by atoms with Gasteiger partial charge in [-0.2, -0.15) is 0 Å². The number of nitrogens with zero attached hydrogens (tertiary/aromatic N) is 2. The number of likely N-dealkylation sites (tertiary alicyclic amines) is 1. The molecule has 0 aliphatic carbocycles. The molecule has 1 aliphatic heterocycles. The van der Waals surface area contributed by atoms with Gasteiger partial charge in [-0.05, 0) is 49.6 Å². The molecule has 1 heterocycles. The minimum Gasteiger partial charge on any atom is -0.497 e. The molecule has 4 nitrogen and oxygen atoms in total. The monoisotopic (exact) mass is 380 g/mol. The Labute approximate surface area is 169 Å². The predicted molar refractivity (Wildman–Crippen MR) is 114 cm³/mol. The largest absolute Gasteiger partial charge is 0.497 e. The van der Waals surface area contributed by atoms with Crippen LogP contribution in [0.3, 0.4) is 0 Å². The van der Waals surface area contributed by atoms with Crippen molar-refractivity contribution in [2.24, 2.45) is 0 Å². The van der Waals surface area contributed by atoms with E-state index in [-0.39, 0.29) is 5.91 Å². The van der Waals surface area contributed by atoms with Gasteiger partial charge in [-0.15, -0.1) is 0 Å². The highest BCUT2D eigenvalue weighted by Gasteiger charge is 2.27. The van der Waals surface area contributed by atoms with Gasteiger partial charge in [0.05, 0.1) is 13.5 Å². The van der Waals surface area contributed by atoms with E-state index in [2.05, 4.69) is 47.9 Å². The first-order valence-corrected chi connectivity index (χ1v) is 10.3. The lowest BCUT2D eigenvalue weighted by Gasteiger charge is -2.38. The second-order valence-electron chi connectivity index (χ2n) is 7.70. The molecule has 0 radical (unpaired) electrons. The summed E-state index contributed by atoms with van der Waals surface area (Å²) in [7, 11) is 1.66. The van der Waals surface area contributed by atoms with E-state index in [4.69, 9.17) is 4.74 Å². The summed E-state index contributed by atoms with van der Waals surface area (Å²) in [5, 5.41) is 0. The van der Waals surface area contributed by atoms with E-state index in [0.29, 0.717) is 19.0 Å². The SMILES string of the molecule is CCN1CCC(N(Cc2ccc(C)cc2)C(=O)Cc2ccc(OC)cc2)CC1. The van der Waals surface area contributed by atoms with Crippen molar-refractivity contribution < 1.29 is 9.53 Å². The molecule has 0 bridgehead atoms. The fraction of sp³-hybridized carbons (Fsp3) is 0.458. The van der Waals surface area contributed by atoms with E-state index in [1.54, 1.807) is 7.11 Å². The van der Waals surface area contributed by atoms with Crippen molar-refractivity contribution in [1.82, 2.24) is 9.80 Å². The van der Waals surface area contributed by atoms with Gasteiger partial charge in [-0.25, -0.2) is 0 Å². The number of methoxy groups -OCH3 is 1. The minimum atomic E-state index is 0.209. The Hall–Kier alpha value is -2.33. The molecule has 1 aliphatic rings. The predicted octanol–water partition coefficient (Wildman–Crippen LogP) is 4.06. The van der Waals surface area contributed by atoms with Crippen LogP contribution >= 0.6 is 0 Å². The third-order valence-corrected chi connectivity index (χ3v) is 5.75. The summed E-state index contributed by atoms with van der Waals surface area (Å²) in [6, 6.07) is 16.7. The second-order valence-corrected chi connectivity index (χ2v) is 7.70. The van der Waals surface area contributed by atoms with Gasteiger partial charge < -0.3 is 14.5 Å². The van der Waals surface area contributed by atoms with Crippen LogP contribution in [-0.2, 0) is 17.8 Å². The van der Waals surface area contributed by atoms with Crippen LogP contribution in [0.15, 0.2) is 48.5 Å². The lowest BCUT2D eigenvalue weighted by Crippen LogP contribution is -2.47. The molecule has 1 saturated heterocycles. The van der Waals surface area contributed by atoms with Gasteiger partial charge in [0.15, 0.2) is 0 Å². The van der Waals surface area contributed by atoms with Gasteiger partial charge in [-0.1, -0.05) is 48.9 Å². The molecular formula is C24H32N2O2. The molecule has 0 unspecified atom stereocenters. The molecule has 150 valence electrons. The van der Waals surface area contributed by atoms with Gasteiger partial charge in [0.25, 0.3) is 0 Å². The van der Waals surface area contributed by atoms with Crippen molar-refractivity contribution in [3.8, 4) is 5.75 Å². The summed E-state index contributed by atoms with van der Waals surface area (Å²) in [5.74, 6) is 1.03. The molecule has 0 saturated carbocycles. The Morgan fingerprint density at radius 2 is 1.64 bits per heavy atom. The maximum atomic E-state index is 13.3. The number of ether oxygens (including phenoxy) is 1. The van der Waals surface area contributed by atoms with Gasteiger partial charge in [-0.3, -0.25) is 4.79 Å². The Kier molecular flexibility index (Phi) is 7.10. The summed E-state index contributed by atoms with van der Waals surface area (Å²) in [4.78, 5) is 17.8. The molecule has 0 N–H and O–H groups in total. The number of aryl methyl sites for hydroxylation is 1. The molecule has 2 aromatic rings. The van der Waals surface area contributed by atoms with Crippen LogP contribution in [0.4, 0.5) is 0 Å². The average molecular weight is 381 g/mol. The fourth-order valence-corrected chi connectivity index (χ4v) is 3.88. The second kappa shape index (κ2) is 9.74. The van der Waals surface area contributed by atoms with E-state index < -0.39 is 0 Å². The van der Waals surface area contributed by atoms with Crippen LogP contribution in [0.5, 0.6) is 5.75 Å². The molecule has 0 atom stereocenters. The number of benzene rings is 2. The van der Waals surface area contributed by atoms with Gasteiger partial charge in [0, 0.05) is 25.7 Å². The van der Waals surface area contributed by atoms with Crippen molar-refractivity contribution in [3.63, 3.8) is 0 Å². The van der Waals surface area contributed by atoms with Crippen molar-refractivity contribution in [2.75, 3.05) is 26.7 Å². The van der Waals surface area contributed by atoms with Crippen LogP contribution in [0.25, 0.3) is 0 Å². The maximum Gasteiger partial charge on any atom is 0.227 e. The standard InChI is InChI=1S/C24H32N2O2/c1-4-25-15-13-22(14-16-25)26(18-21-7-5-19(2)6-8-21)24(27)17-20-9-11-23(28-3)12-10-20/h5-12,22H,4,13-18H2,1-3H3. The van der Waals surface area contributed by atoms with Crippen LogP contribution in [0.2, 0.25) is 0 Å². The molecule has 0 aromatic heterocycles. The average Bonchev–Trinajstić information content (AvgIpc) is 2.74. The summed E-state index contributed by atoms with van der Waals surface area (Å²) in [5.41, 5.74) is 3.48. The highest BCUT2D eigenvalue weighted by molar-refractivity contribution is 5.79. The highest BCUT2D eigenvalue weighted by atomic mass is 16.5. The number of carbonyl (C=O) groups excluding carboxylic acids is 1. The van der Waals surface area contributed by atoms with Crippen LogP contribution in [0, 0.1) is 6.92 Å². The molecule has 2 aromatic carbocycles. The Morgan fingerprint density at radius 1 is 1.04 bits per heavy atom. The Balaban J connectivity index is 1.73. The van der Waals surface area contributed by atoms with Crippen LogP contribution in [-0.4, -0.2) is 48.5 Å². The van der Waals surface area contributed by atoms with E-state index in [1.807, 2.05) is 24.3 Å². The lowest BCUT2D eigenvalue weighted by atomic mass is 10.0. The quantitative estimate of drug-likeness (QED) is 0.726. The van der Waals surface area contributed by atoms with Gasteiger partial charge in [0.2, 0.25) is 5.91 Å². The Morgan fingerprint density at radius 3 is 2.21 bits per heavy atom. The molecule has 4 heteroatoms. The molecule has 3 rings (SSSR count). The minimum absolute atomic E-state index is 0.209. The summed E-state index contributed by atoms with van der Waals surface area (Å²) in [6.07, 6.45) is 2.53. The zero-order chi connectivity index (χ0) is 19.9. The summed E-state index contributed by atoms with van der Waals surface area (Å²) in [6.45, 7) is 8.22. The van der Waals surface area contributed by atoms with Crippen molar-refractivity contribution >= 4 is 5.91 Å². The third-order valence-electron chi connectivity index (χ3n) is 5.75. The number of rotatable bonds is 7. The highest BCUT2D eigenvalue weighted by Crippen LogP contribution is 2.21. The summed E-state index contributed by atoms with van der Waals surface area (Å²) < 4.78 is 5.23. The van der Waals surface area contributed by atoms with E-state index in [9.17, 15) is 4.79 Å². The molecular weight excluding hydrogens is 348 g/mol. The first-order chi connectivity index (χ1) is 13.6. The van der Waals surface area contributed by atoms with E-state index in [1.165, 1.54) is 11.1 Å². The molecule has 1 amide bonds. The van der Waals surface area contributed by atoms with Gasteiger partial charge in [0.1, 0.15) is 5.75 Å². The molecule has 28 heavy (non-hydrogen) atoms. The first kappa shape index (κ1) is 20.4. The normalized spacial score (nSPS) is 15.4. The van der Waals surface area contributed by atoms with Crippen molar-refractivity contribution in [3.05, 3.63) is 65.2 Å². The smallest absolute Gasteiger partial charge is 0.227 e. The molecule has 1 fully saturated rings. The van der Waals surface area contributed by atoms with Gasteiger partial charge >= 0.3 is 0 Å². The zero-order valence-corrected chi connectivity index (χ0v) is 17.4. The van der Waals surface area contributed by atoms with Crippen molar-refractivity contribution in [1.29, 1.82) is 0 Å². The Bertz CT molecular complexity index is 747. The third kappa shape index (κ3) is 5.35. The number of amides is 1. The van der Waals surface area contributed by atoms with E-state index in [0.717, 1.165) is 43.8 Å². The maximum absolute atomic E-state index is 13.3.